The Morgan fingerprint density at radius 3 is 2.62 bits per heavy atom. The first kappa shape index (κ1) is 13.3. The Labute approximate surface area is 98.9 Å². The van der Waals surface area contributed by atoms with Gasteiger partial charge in [-0.1, -0.05) is 44.9 Å². The van der Waals surface area contributed by atoms with Crippen molar-refractivity contribution < 1.29 is 9.09 Å². The van der Waals surface area contributed by atoms with Crippen LogP contribution < -0.4 is 5.30 Å². The minimum absolute atomic E-state index is 0.598. The summed E-state index contributed by atoms with van der Waals surface area (Å²) >= 11 is 0. The van der Waals surface area contributed by atoms with Crippen molar-refractivity contribution in [1.29, 1.82) is 0 Å². The second-order valence-corrected chi connectivity index (χ2v) is 5.03. The largest absolute Gasteiger partial charge is 0.548 e. The van der Waals surface area contributed by atoms with Crippen molar-refractivity contribution in [3.63, 3.8) is 0 Å². The van der Waals surface area contributed by atoms with Crippen molar-refractivity contribution in [3.8, 4) is 0 Å². The van der Waals surface area contributed by atoms with E-state index in [2.05, 4.69) is 13.8 Å². The highest BCUT2D eigenvalue weighted by atomic mass is 31.1. The third-order valence-electron chi connectivity index (χ3n) is 2.53. The lowest BCUT2D eigenvalue weighted by molar-refractivity contribution is 0.323. The van der Waals surface area contributed by atoms with Gasteiger partial charge in [0.1, 0.15) is 6.61 Å². The van der Waals surface area contributed by atoms with E-state index >= 15 is 0 Å². The first-order valence-corrected chi connectivity index (χ1v) is 7.15. The normalized spacial score (nSPS) is 11.5. The molecule has 0 saturated heterocycles. The van der Waals surface area contributed by atoms with E-state index in [9.17, 15) is 4.57 Å². The molecule has 1 aromatic carbocycles. The van der Waals surface area contributed by atoms with Gasteiger partial charge in [-0.3, -0.25) is 0 Å². The molecule has 0 radical (unpaired) electrons. The SMILES string of the molecule is CCCCCO[P+](=O)c1ccccc1CC. The number of aryl methyl sites for hydroxylation is 1. The van der Waals surface area contributed by atoms with Gasteiger partial charge in [-0.25, -0.2) is 0 Å². The van der Waals surface area contributed by atoms with Crippen LogP contribution in [0.3, 0.4) is 0 Å². The Morgan fingerprint density at radius 2 is 1.94 bits per heavy atom. The molecule has 0 heterocycles. The lowest BCUT2D eigenvalue weighted by atomic mass is 10.2. The van der Waals surface area contributed by atoms with Crippen LogP contribution in [0, 0.1) is 0 Å². The van der Waals surface area contributed by atoms with Crippen LogP contribution in [0.15, 0.2) is 24.3 Å². The predicted octanol–water partition coefficient (Wildman–Crippen LogP) is 3.82. The van der Waals surface area contributed by atoms with Gasteiger partial charge in [-0.05, 0) is 23.5 Å². The van der Waals surface area contributed by atoms with Crippen LogP contribution in [0.4, 0.5) is 0 Å². The van der Waals surface area contributed by atoms with E-state index in [1.54, 1.807) is 0 Å². The van der Waals surface area contributed by atoms with Crippen LogP contribution in [-0.2, 0) is 15.5 Å². The molecule has 0 aliphatic heterocycles. The molecule has 2 nitrogen and oxygen atoms in total. The van der Waals surface area contributed by atoms with Crippen LogP contribution in [0.25, 0.3) is 0 Å². The minimum Gasteiger partial charge on any atom is -0.142 e. The molecule has 1 atom stereocenters. The topological polar surface area (TPSA) is 26.3 Å². The number of rotatable bonds is 7. The Hall–Kier alpha value is -0.720. The zero-order chi connectivity index (χ0) is 11.8. The average Bonchev–Trinajstić information content (AvgIpc) is 2.34. The Morgan fingerprint density at radius 1 is 1.19 bits per heavy atom. The lowest BCUT2D eigenvalue weighted by Gasteiger charge is -1.97. The van der Waals surface area contributed by atoms with Gasteiger partial charge in [0.25, 0.3) is 0 Å². The van der Waals surface area contributed by atoms with E-state index in [1.807, 2.05) is 24.3 Å². The van der Waals surface area contributed by atoms with Gasteiger partial charge in [-0.2, -0.15) is 0 Å². The maximum absolute atomic E-state index is 11.9. The zero-order valence-corrected chi connectivity index (χ0v) is 11.0. The van der Waals surface area contributed by atoms with Crippen molar-refractivity contribution in [2.75, 3.05) is 6.61 Å². The molecule has 1 rings (SSSR count). The van der Waals surface area contributed by atoms with Gasteiger partial charge in [0.2, 0.25) is 5.30 Å². The monoisotopic (exact) mass is 239 g/mol. The summed E-state index contributed by atoms with van der Waals surface area (Å²) in [6.07, 6.45) is 4.19. The number of hydrogen-bond donors (Lipinski definition) is 0. The van der Waals surface area contributed by atoms with E-state index in [1.165, 1.54) is 0 Å². The summed E-state index contributed by atoms with van der Waals surface area (Å²) in [5, 5.41) is 0.858. The Kier molecular flexibility index (Phi) is 6.29. The first-order valence-electron chi connectivity index (χ1n) is 5.97. The fourth-order valence-electron chi connectivity index (χ4n) is 1.56. The van der Waals surface area contributed by atoms with Crippen molar-refractivity contribution in [2.24, 2.45) is 0 Å². The van der Waals surface area contributed by atoms with Gasteiger partial charge in [-0.15, -0.1) is 4.52 Å². The molecule has 0 aliphatic rings. The zero-order valence-electron chi connectivity index (χ0n) is 10.1. The molecular formula is C13H20O2P+. The second-order valence-electron chi connectivity index (χ2n) is 3.78. The van der Waals surface area contributed by atoms with Gasteiger partial charge < -0.3 is 0 Å². The average molecular weight is 239 g/mol. The molecule has 0 amide bonds. The fraction of sp³-hybridized carbons (Fsp3) is 0.538. The fourth-order valence-corrected chi connectivity index (χ4v) is 2.67. The molecule has 0 bridgehead atoms. The number of hydrogen-bond acceptors (Lipinski definition) is 2. The lowest BCUT2D eigenvalue weighted by Crippen LogP contribution is -2.05. The van der Waals surface area contributed by atoms with E-state index in [0.717, 1.165) is 36.6 Å². The first-order chi connectivity index (χ1) is 7.79. The van der Waals surface area contributed by atoms with Crippen LogP contribution in [0.5, 0.6) is 0 Å². The minimum atomic E-state index is -1.67. The van der Waals surface area contributed by atoms with Crippen molar-refractivity contribution in [1.82, 2.24) is 0 Å². The van der Waals surface area contributed by atoms with Crippen LogP contribution in [-0.4, -0.2) is 6.61 Å². The molecule has 0 saturated carbocycles. The number of unbranched alkanes of at least 4 members (excludes halogenated alkanes) is 2. The summed E-state index contributed by atoms with van der Waals surface area (Å²) in [6.45, 7) is 4.81. The van der Waals surface area contributed by atoms with Crippen molar-refractivity contribution in [2.45, 2.75) is 39.5 Å². The number of benzene rings is 1. The summed E-state index contributed by atoms with van der Waals surface area (Å²) in [4.78, 5) is 0. The summed E-state index contributed by atoms with van der Waals surface area (Å²) in [5.41, 5.74) is 1.12. The Bertz CT molecular complexity index is 336. The summed E-state index contributed by atoms with van der Waals surface area (Å²) in [6, 6.07) is 7.80. The van der Waals surface area contributed by atoms with Crippen molar-refractivity contribution >= 4 is 13.3 Å². The van der Waals surface area contributed by atoms with Crippen molar-refractivity contribution in [3.05, 3.63) is 29.8 Å². The molecular weight excluding hydrogens is 219 g/mol. The molecule has 3 heteroatoms. The Balaban J connectivity index is 2.52. The molecule has 16 heavy (non-hydrogen) atoms. The van der Waals surface area contributed by atoms with E-state index in [-0.39, 0.29) is 0 Å². The van der Waals surface area contributed by atoms with Gasteiger partial charge in [0.15, 0.2) is 0 Å². The maximum Gasteiger partial charge on any atom is 0.548 e. The quantitative estimate of drug-likeness (QED) is 0.534. The molecule has 0 N–H and O–H groups in total. The predicted molar refractivity (Wildman–Crippen MR) is 68.5 cm³/mol. The molecule has 0 fully saturated rings. The molecule has 88 valence electrons. The highest BCUT2D eigenvalue weighted by molar-refractivity contribution is 7.48. The van der Waals surface area contributed by atoms with Crippen LogP contribution >= 0.6 is 8.03 Å². The molecule has 1 unspecified atom stereocenters. The summed E-state index contributed by atoms with van der Waals surface area (Å²) in [5.74, 6) is 0. The highest BCUT2D eigenvalue weighted by Crippen LogP contribution is 2.24. The standard InChI is InChI=1S/C13H20O2P/c1-3-5-8-11-15-16(14)13-10-7-6-9-12(13)4-2/h6-7,9-10H,3-5,8,11H2,1-2H3/q+1. The smallest absolute Gasteiger partial charge is 0.142 e. The molecule has 0 aromatic heterocycles. The maximum atomic E-state index is 11.9. The van der Waals surface area contributed by atoms with Crippen LogP contribution in [0.1, 0.15) is 38.7 Å². The molecule has 0 aliphatic carbocycles. The van der Waals surface area contributed by atoms with Gasteiger partial charge in [0.05, 0.1) is 0 Å². The molecule has 0 spiro atoms. The third-order valence-corrected chi connectivity index (χ3v) is 3.77. The van der Waals surface area contributed by atoms with Gasteiger partial charge in [0, 0.05) is 5.56 Å². The van der Waals surface area contributed by atoms with E-state index < -0.39 is 8.03 Å². The third kappa shape index (κ3) is 4.03. The highest BCUT2D eigenvalue weighted by Gasteiger charge is 2.24. The van der Waals surface area contributed by atoms with E-state index in [4.69, 9.17) is 4.52 Å². The molecule has 1 aromatic rings. The summed E-state index contributed by atoms with van der Waals surface area (Å²) < 4.78 is 17.3. The van der Waals surface area contributed by atoms with E-state index in [0.29, 0.717) is 6.61 Å². The second kappa shape index (κ2) is 7.54. The summed E-state index contributed by atoms with van der Waals surface area (Å²) in [7, 11) is -1.67. The van der Waals surface area contributed by atoms with Crippen LogP contribution in [0.2, 0.25) is 0 Å². The van der Waals surface area contributed by atoms with Gasteiger partial charge >= 0.3 is 8.03 Å².